The predicted octanol–water partition coefficient (Wildman–Crippen LogP) is 1.02. The molecule has 0 bridgehead atoms. The van der Waals surface area contributed by atoms with Crippen molar-refractivity contribution in [3.8, 4) is 0 Å². The second-order valence-corrected chi connectivity index (χ2v) is 7.08. The molecule has 2 N–H and O–H groups in total. The molecule has 1 fully saturated rings. The van der Waals surface area contributed by atoms with Crippen LogP contribution in [0.4, 0.5) is 0 Å². The molecular weight excluding hydrogens is 332 g/mol. The van der Waals surface area contributed by atoms with Crippen molar-refractivity contribution in [2.24, 2.45) is 0 Å². The summed E-state index contributed by atoms with van der Waals surface area (Å²) in [6, 6.07) is 4.97. The zero-order chi connectivity index (χ0) is 13.9. The van der Waals surface area contributed by atoms with Gasteiger partial charge in [0.1, 0.15) is 0 Å². The van der Waals surface area contributed by atoms with E-state index in [-0.39, 0.29) is 17.5 Å². The first-order valence-corrected chi connectivity index (χ1v) is 8.35. The number of nitrogens with one attached hydrogen (secondary N) is 2. The van der Waals surface area contributed by atoms with Gasteiger partial charge in [0.2, 0.25) is 10.0 Å². The lowest BCUT2D eigenvalue weighted by Gasteiger charge is -2.23. The Labute approximate surface area is 121 Å². The van der Waals surface area contributed by atoms with Gasteiger partial charge in [0, 0.05) is 24.1 Å². The second kappa shape index (κ2) is 6.32. The standard InChI is InChI=1S/C12H17BrN2O3S/c1-9-6-11(2-3-12(9)13)19(16,17)15-8-10-7-14-4-5-18-10/h2-3,6,10,14-15H,4-5,7-8H2,1H3. The molecule has 0 saturated carbocycles. The first-order chi connectivity index (χ1) is 8.99. The lowest BCUT2D eigenvalue weighted by Crippen LogP contribution is -2.45. The molecule has 19 heavy (non-hydrogen) atoms. The summed E-state index contributed by atoms with van der Waals surface area (Å²) in [6.45, 7) is 4.24. The normalized spacial score (nSPS) is 20.4. The number of sulfonamides is 1. The van der Waals surface area contributed by atoms with Gasteiger partial charge in [-0.15, -0.1) is 0 Å². The Morgan fingerprint density at radius 3 is 2.95 bits per heavy atom. The van der Waals surface area contributed by atoms with E-state index in [0.29, 0.717) is 13.2 Å². The summed E-state index contributed by atoms with van der Waals surface area (Å²) < 4.78 is 33.2. The van der Waals surface area contributed by atoms with E-state index < -0.39 is 10.0 Å². The molecule has 1 heterocycles. The third-order valence-electron chi connectivity index (χ3n) is 2.95. The minimum Gasteiger partial charge on any atom is -0.374 e. The van der Waals surface area contributed by atoms with Crippen molar-refractivity contribution in [2.45, 2.75) is 17.9 Å². The minimum absolute atomic E-state index is 0.111. The third kappa shape index (κ3) is 4.00. The van der Waals surface area contributed by atoms with E-state index in [2.05, 4.69) is 26.0 Å². The van der Waals surface area contributed by atoms with E-state index in [9.17, 15) is 8.42 Å². The molecular formula is C12H17BrN2O3S. The molecule has 2 rings (SSSR count). The summed E-state index contributed by atoms with van der Waals surface area (Å²) in [6.07, 6.45) is -0.111. The number of halogens is 1. The van der Waals surface area contributed by atoms with Gasteiger partial charge in [-0.2, -0.15) is 0 Å². The molecule has 1 atom stereocenters. The van der Waals surface area contributed by atoms with Crippen LogP contribution in [-0.2, 0) is 14.8 Å². The number of morpholine rings is 1. The molecule has 1 aromatic carbocycles. The Balaban J connectivity index is 2.02. The number of benzene rings is 1. The van der Waals surface area contributed by atoms with Gasteiger partial charge in [-0.3, -0.25) is 0 Å². The largest absolute Gasteiger partial charge is 0.374 e. The highest BCUT2D eigenvalue weighted by Gasteiger charge is 2.19. The third-order valence-corrected chi connectivity index (χ3v) is 5.26. The van der Waals surface area contributed by atoms with Gasteiger partial charge < -0.3 is 10.1 Å². The molecule has 0 aromatic heterocycles. The Morgan fingerprint density at radius 2 is 2.32 bits per heavy atom. The van der Waals surface area contributed by atoms with Crippen LogP contribution in [-0.4, -0.2) is 40.8 Å². The minimum atomic E-state index is -3.48. The van der Waals surface area contributed by atoms with Crippen molar-refractivity contribution in [2.75, 3.05) is 26.2 Å². The molecule has 1 aliphatic heterocycles. The van der Waals surface area contributed by atoms with Gasteiger partial charge in [-0.25, -0.2) is 13.1 Å². The van der Waals surface area contributed by atoms with Crippen LogP contribution < -0.4 is 10.0 Å². The molecule has 1 unspecified atom stereocenters. The molecule has 106 valence electrons. The SMILES string of the molecule is Cc1cc(S(=O)(=O)NCC2CNCCO2)ccc1Br. The van der Waals surface area contributed by atoms with Crippen molar-refractivity contribution >= 4 is 26.0 Å². The molecule has 7 heteroatoms. The number of aryl methyl sites for hydroxylation is 1. The van der Waals surface area contributed by atoms with Crippen LogP contribution in [0.3, 0.4) is 0 Å². The van der Waals surface area contributed by atoms with E-state index in [1.165, 1.54) is 0 Å². The van der Waals surface area contributed by atoms with Gasteiger partial charge in [-0.05, 0) is 30.7 Å². The van der Waals surface area contributed by atoms with Crippen LogP contribution in [0, 0.1) is 6.92 Å². The van der Waals surface area contributed by atoms with E-state index in [1.807, 2.05) is 6.92 Å². The van der Waals surface area contributed by atoms with Crippen LogP contribution in [0.1, 0.15) is 5.56 Å². The first kappa shape index (κ1) is 14.9. The fraction of sp³-hybridized carbons (Fsp3) is 0.500. The summed E-state index contributed by atoms with van der Waals surface area (Å²) in [5, 5.41) is 3.16. The topological polar surface area (TPSA) is 67.4 Å². The number of hydrogen-bond acceptors (Lipinski definition) is 4. The van der Waals surface area contributed by atoms with Crippen LogP contribution in [0.15, 0.2) is 27.6 Å². The average Bonchev–Trinajstić information content (AvgIpc) is 2.41. The Bertz CT molecular complexity index is 542. The maximum Gasteiger partial charge on any atom is 0.240 e. The summed E-state index contributed by atoms with van der Waals surface area (Å²) in [7, 11) is -3.48. The summed E-state index contributed by atoms with van der Waals surface area (Å²) in [4.78, 5) is 0.275. The molecule has 0 aliphatic carbocycles. The zero-order valence-corrected chi connectivity index (χ0v) is 13.1. The smallest absolute Gasteiger partial charge is 0.240 e. The lowest BCUT2D eigenvalue weighted by atomic mass is 10.2. The first-order valence-electron chi connectivity index (χ1n) is 6.07. The van der Waals surface area contributed by atoms with Crippen LogP contribution >= 0.6 is 15.9 Å². The van der Waals surface area contributed by atoms with Crippen molar-refractivity contribution in [3.63, 3.8) is 0 Å². The highest BCUT2D eigenvalue weighted by Crippen LogP contribution is 2.19. The maximum absolute atomic E-state index is 12.1. The molecule has 1 aliphatic rings. The summed E-state index contributed by atoms with van der Waals surface area (Å²) >= 11 is 3.35. The summed E-state index contributed by atoms with van der Waals surface area (Å²) in [5.41, 5.74) is 0.887. The Hall–Kier alpha value is -0.470. The van der Waals surface area contributed by atoms with E-state index in [1.54, 1.807) is 18.2 Å². The van der Waals surface area contributed by atoms with Crippen LogP contribution in [0.5, 0.6) is 0 Å². The fourth-order valence-electron chi connectivity index (χ4n) is 1.82. The molecule has 1 aromatic rings. The van der Waals surface area contributed by atoms with Crippen LogP contribution in [0.2, 0.25) is 0 Å². The van der Waals surface area contributed by atoms with Gasteiger partial charge in [0.25, 0.3) is 0 Å². The molecule has 1 saturated heterocycles. The van der Waals surface area contributed by atoms with Crippen molar-refractivity contribution < 1.29 is 13.2 Å². The zero-order valence-electron chi connectivity index (χ0n) is 10.6. The van der Waals surface area contributed by atoms with E-state index in [4.69, 9.17) is 4.74 Å². The average molecular weight is 349 g/mol. The number of rotatable bonds is 4. The molecule has 0 radical (unpaired) electrons. The fourth-order valence-corrected chi connectivity index (χ4v) is 3.22. The monoisotopic (exact) mass is 348 g/mol. The lowest BCUT2D eigenvalue weighted by molar-refractivity contribution is 0.0324. The van der Waals surface area contributed by atoms with Gasteiger partial charge in [0.05, 0.1) is 17.6 Å². The number of ether oxygens (including phenoxy) is 1. The van der Waals surface area contributed by atoms with Crippen molar-refractivity contribution in [1.29, 1.82) is 0 Å². The highest BCUT2D eigenvalue weighted by molar-refractivity contribution is 9.10. The molecule has 0 amide bonds. The van der Waals surface area contributed by atoms with Gasteiger partial charge in [-0.1, -0.05) is 15.9 Å². The Kier molecular flexibility index (Phi) is 4.97. The van der Waals surface area contributed by atoms with Gasteiger partial charge in [0.15, 0.2) is 0 Å². The Morgan fingerprint density at radius 1 is 1.53 bits per heavy atom. The van der Waals surface area contributed by atoms with Crippen molar-refractivity contribution in [3.05, 3.63) is 28.2 Å². The van der Waals surface area contributed by atoms with Gasteiger partial charge >= 0.3 is 0 Å². The highest BCUT2D eigenvalue weighted by atomic mass is 79.9. The van der Waals surface area contributed by atoms with Crippen LogP contribution in [0.25, 0.3) is 0 Å². The predicted molar refractivity (Wildman–Crippen MR) is 76.7 cm³/mol. The maximum atomic E-state index is 12.1. The molecule has 0 spiro atoms. The quantitative estimate of drug-likeness (QED) is 0.852. The second-order valence-electron chi connectivity index (χ2n) is 4.46. The molecule has 5 nitrogen and oxygen atoms in total. The number of hydrogen-bond donors (Lipinski definition) is 2. The summed E-state index contributed by atoms with van der Waals surface area (Å²) in [5.74, 6) is 0. The van der Waals surface area contributed by atoms with E-state index >= 15 is 0 Å². The van der Waals surface area contributed by atoms with E-state index in [0.717, 1.165) is 16.6 Å². The van der Waals surface area contributed by atoms with Crippen molar-refractivity contribution in [1.82, 2.24) is 10.0 Å².